The molecule has 1 aliphatic heterocycles. The van der Waals surface area contributed by atoms with Gasteiger partial charge < -0.3 is 24.5 Å². The fourth-order valence-electron chi connectivity index (χ4n) is 4.51. The second kappa shape index (κ2) is 10.1. The maximum absolute atomic E-state index is 13.3. The van der Waals surface area contributed by atoms with E-state index >= 15 is 0 Å². The summed E-state index contributed by atoms with van der Waals surface area (Å²) < 4.78 is 10.4. The van der Waals surface area contributed by atoms with Gasteiger partial charge in [0.25, 0.3) is 11.7 Å². The first-order valence-corrected chi connectivity index (χ1v) is 11.5. The van der Waals surface area contributed by atoms with E-state index in [1.807, 2.05) is 6.07 Å². The summed E-state index contributed by atoms with van der Waals surface area (Å²) in [5.74, 6) is -1.86. The number of aromatic nitrogens is 2. The molecule has 2 N–H and O–H groups in total. The number of benzene rings is 1. The summed E-state index contributed by atoms with van der Waals surface area (Å²) in [5, 5.41) is 11.5. The van der Waals surface area contributed by atoms with Crippen molar-refractivity contribution < 1.29 is 29.0 Å². The Balaban J connectivity index is 1.88. The fraction of sp³-hybridized carbons (Fsp3) is 0.259. The number of carbonyl (C=O) groups excluding carboxylic acids is 3. The zero-order valence-corrected chi connectivity index (χ0v) is 20.5. The molecule has 0 aliphatic carbocycles. The minimum atomic E-state index is -0.865. The molecule has 186 valence electrons. The minimum absolute atomic E-state index is 0.0605. The van der Waals surface area contributed by atoms with Gasteiger partial charge >= 0.3 is 5.97 Å². The third-order valence-corrected chi connectivity index (χ3v) is 6.20. The van der Waals surface area contributed by atoms with Crippen LogP contribution in [0.4, 0.5) is 0 Å². The lowest BCUT2D eigenvalue weighted by molar-refractivity contribution is -0.140. The van der Waals surface area contributed by atoms with Gasteiger partial charge in [0, 0.05) is 30.2 Å². The van der Waals surface area contributed by atoms with Crippen molar-refractivity contribution in [3.05, 3.63) is 88.0 Å². The number of carbonyl (C=O) groups is 3. The Morgan fingerprint density at radius 1 is 1.17 bits per heavy atom. The topological polar surface area (TPSA) is 122 Å². The van der Waals surface area contributed by atoms with Crippen molar-refractivity contribution in [2.75, 3.05) is 13.7 Å². The van der Waals surface area contributed by atoms with Gasteiger partial charge in [0.2, 0.25) is 0 Å². The van der Waals surface area contributed by atoms with Crippen molar-refractivity contribution in [3.8, 4) is 5.75 Å². The fourth-order valence-corrected chi connectivity index (χ4v) is 4.51. The molecular weight excluding hydrogens is 462 g/mol. The summed E-state index contributed by atoms with van der Waals surface area (Å²) in [5.41, 5.74) is 2.66. The van der Waals surface area contributed by atoms with Gasteiger partial charge in [0.05, 0.1) is 25.3 Å². The third kappa shape index (κ3) is 4.35. The largest absolute Gasteiger partial charge is 0.507 e. The number of aliphatic hydroxyl groups excluding tert-OH is 1. The van der Waals surface area contributed by atoms with Crippen LogP contribution in [-0.2, 0) is 20.9 Å². The Morgan fingerprint density at radius 3 is 2.50 bits per heavy atom. The summed E-state index contributed by atoms with van der Waals surface area (Å²) in [7, 11) is 1.54. The number of hydrogen-bond acceptors (Lipinski definition) is 7. The molecule has 1 saturated heterocycles. The number of aryl methyl sites for hydroxylation is 1. The number of likely N-dealkylation sites (tertiary alicyclic amines) is 1. The Labute approximate surface area is 208 Å². The van der Waals surface area contributed by atoms with Gasteiger partial charge in [-0.15, -0.1) is 0 Å². The Bertz CT molecular complexity index is 1340. The van der Waals surface area contributed by atoms with E-state index in [1.165, 1.54) is 4.90 Å². The molecule has 1 fully saturated rings. The number of aromatic amines is 1. The maximum atomic E-state index is 13.3. The summed E-state index contributed by atoms with van der Waals surface area (Å²) in [6.07, 6.45) is 3.24. The van der Waals surface area contributed by atoms with Gasteiger partial charge in [0.15, 0.2) is 0 Å². The van der Waals surface area contributed by atoms with Crippen LogP contribution >= 0.6 is 0 Å². The maximum Gasteiger partial charge on any atom is 0.355 e. The Morgan fingerprint density at radius 2 is 1.89 bits per heavy atom. The van der Waals surface area contributed by atoms with Crippen LogP contribution in [0.25, 0.3) is 5.76 Å². The third-order valence-electron chi connectivity index (χ3n) is 6.20. The molecule has 9 nitrogen and oxygen atoms in total. The molecule has 9 heteroatoms. The standard InChI is InChI=1S/C27H27N3O6/c1-5-36-27(34)22-15(2)20(16(3)29-22)24(31)21-23(18-8-10-19(35-4)11-9-18)30(26(33)25(21)32)14-17-7-6-12-28-13-17/h6-13,23,29,31H,5,14H2,1-4H3/t23-/m0/s1. The lowest BCUT2D eigenvalue weighted by Gasteiger charge is -2.25. The molecule has 0 unspecified atom stereocenters. The normalized spacial score (nSPS) is 16.9. The van der Waals surface area contributed by atoms with Crippen molar-refractivity contribution in [2.24, 2.45) is 0 Å². The van der Waals surface area contributed by atoms with E-state index in [9.17, 15) is 19.5 Å². The number of rotatable bonds is 7. The zero-order valence-electron chi connectivity index (χ0n) is 20.5. The molecule has 1 aromatic carbocycles. The van der Waals surface area contributed by atoms with E-state index in [0.29, 0.717) is 22.6 Å². The van der Waals surface area contributed by atoms with Crippen molar-refractivity contribution in [2.45, 2.75) is 33.4 Å². The van der Waals surface area contributed by atoms with E-state index in [4.69, 9.17) is 9.47 Å². The van der Waals surface area contributed by atoms with Crippen LogP contribution < -0.4 is 4.74 Å². The number of hydrogen-bond donors (Lipinski definition) is 2. The molecule has 1 atom stereocenters. The lowest BCUT2D eigenvalue weighted by atomic mass is 9.94. The van der Waals surface area contributed by atoms with Crippen LogP contribution in [-0.4, -0.2) is 51.4 Å². The quantitative estimate of drug-likeness (QED) is 0.224. The molecule has 3 aromatic rings. The van der Waals surface area contributed by atoms with Crippen LogP contribution in [0.3, 0.4) is 0 Å². The SMILES string of the molecule is CCOC(=O)c1[nH]c(C)c(C(O)=C2C(=O)C(=O)N(Cc3cccnc3)[C@H]2c2ccc(OC)cc2)c1C. The highest BCUT2D eigenvalue weighted by molar-refractivity contribution is 6.46. The smallest absolute Gasteiger partial charge is 0.355 e. The number of pyridine rings is 1. The Hall–Kier alpha value is -4.40. The number of ketones is 1. The Kier molecular flexibility index (Phi) is 6.91. The highest BCUT2D eigenvalue weighted by atomic mass is 16.5. The van der Waals surface area contributed by atoms with E-state index in [-0.39, 0.29) is 35.7 Å². The summed E-state index contributed by atoms with van der Waals surface area (Å²) >= 11 is 0. The van der Waals surface area contributed by atoms with Crippen molar-refractivity contribution in [1.82, 2.24) is 14.9 Å². The first kappa shape index (κ1) is 24.7. The van der Waals surface area contributed by atoms with Crippen LogP contribution in [0.15, 0.2) is 54.4 Å². The summed E-state index contributed by atoms with van der Waals surface area (Å²) in [6.45, 7) is 5.33. The predicted octanol–water partition coefficient (Wildman–Crippen LogP) is 3.83. The average molecular weight is 490 g/mol. The number of methoxy groups -OCH3 is 1. The molecule has 4 rings (SSSR count). The van der Waals surface area contributed by atoms with Gasteiger partial charge in [-0.1, -0.05) is 18.2 Å². The average Bonchev–Trinajstić information content (AvgIpc) is 3.32. The molecule has 3 heterocycles. The van der Waals surface area contributed by atoms with Gasteiger partial charge in [-0.25, -0.2) is 4.79 Å². The minimum Gasteiger partial charge on any atom is -0.507 e. The molecule has 0 radical (unpaired) electrons. The van der Waals surface area contributed by atoms with E-state index in [1.54, 1.807) is 70.6 Å². The molecule has 1 amide bonds. The van der Waals surface area contributed by atoms with Crippen LogP contribution in [0.5, 0.6) is 5.75 Å². The number of aliphatic hydroxyl groups is 1. The number of nitrogens with zero attached hydrogens (tertiary/aromatic N) is 2. The molecule has 0 saturated carbocycles. The van der Waals surface area contributed by atoms with E-state index in [2.05, 4.69) is 9.97 Å². The number of H-pyrrole nitrogens is 1. The molecule has 36 heavy (non-hydrogen) atoms. The van der Waals surface area contributed by atoms with Crippen molar-refractivity contribution in [3.63, 3.8) is 0 Å². The van der Waals surface area contributed by atoms with Gasteiger partial charge in [0.1, 0.15) is 17.2 Å². The second-order valence-electron chi connectivity index (χ2n) is 8.41. The second-order valence-corrected chi connectivity index (χ2v) is 8.41. The predicted molar refractivity (Wildman–Crippen MR) is 131 cm³/mol. The first-order valence-electron chi connectivity index (χ1n) is 11.5. The monoisotopic (exact) mass is 489 g/mol. The van der Waals surface area contributed by atoms with Crippen molar-refractivity contribution in [1.29, 1.82) is 0 Å². The van der Waals surface area contributed by atoms with Crippen LogP contribution in [0.1, 0.15) is 51.4 Å². The first-order chi connectivity index (χ1) is 17.3. The highest BCUT2D eigenvalue weighted by Crippen LogP contribution is 2.42. The zero-order chi connectivity index (χ0) is 26.0. The van der Waals surface area contributed by atoms with E-state index in [0.717, 1.165) is 5.56 Å². The molecule has 2 aromatic heterocycles. The lowest BCUT2D eigenvalue weighted by Crippen LogP contribution is -2.29. The number of ether oxygens (including phenoxy) is 2. The highest BCUT2D eigenvalue weighted by Gasteiger charge is 2.46. The molecule has 1 aliphatic rings. The van der Waals surface area contributed by atoms with Crippen LogP contribution in [0, 0.1) is 13.8 Å². The molecular formula is C27H27N3O6. The summed E-state index contributed by atoms with van der Waals surface area (Å²) in [4.78, 5) is 47.4. The molecule has 0 spiro atoms. The van der Waals surface area contributed by atoms with Crippen molar-refractivity contribution >= 4 is 23.4 Å². The van der Waals surface area contributed by atoms with Gasteiger partial charge in [-0.2, -0.15) is 0 Å². The van der Waals surface area contributed by atoms with E-state index < -0.39 is 23.7 Å². The van der Waals surface area contributed by atoms with Gasteiger partial charge in [-0.3, -0.25) is 14.6 Å². The van der Waals surface area contributed by atoms with Crippen LogP contribution in [0.2, 0.25) is 0 Å². The van der Waals surface area contributed by atoms with Gasteiger partial charge in [-0.05, 0) is 55.7 Å². The number of amides is 1. The number of Topliss-reactive ketones (excluding diaryl/α,β-unsaturated/α-hetero) is 1. The number of esters is 1. The number of nitrogens with one attached hydrogen (secondary N) is 1. The summed E-state index contributed by atoms with van der Waals surface area (Å²) in [6, 6.07) is 9.65. The molecule has 0 bridgehead atoms.